The summed E-state index contributed by atoms with van der Waals surface area (Å²) in [5.41, 5.74) is 1.04. The maximum Gasteiger partial charge on any atom is 0.340 e. The second-order valence-corrected chi connectivity index (χ2v) is 5.82. The van der Waals surface area contributed by atoms with E-state index >= 15 is 0 Å². The predicted octanol–water partition coefficient (Wildman–Crippen LogP) is 1.54. The molecule has 0 unspecified atom stereocenters. The van der Waals surface area contributed by atoms with Crippen LogP contribution in [0.25, 0.3) is 0 Å². The van der Waals surface area contributed by atoms with Crippen LogP contribution < -0.4 is 10.2 Å². The first-order valence-corrected chi connectivity index (χ1v) is 8.33. The highest BCUT2D eigenvalue weighted by Crippen LogP contribution is 2.21. The number of aromatic nitrogens is 3. The largest absolute Gasteiger partial charge is 0.462 e. The lowest BCUT2D eigenvalue weighted by atomic mass is 10.2. The van der Waals surface area contributed by atoms with Crippen LogP contribution in [0.4, 0.5) is 17.5 Å². The molecular weight excluding hydrogens is 320 g/mol. The van der Waals surface area contributed by atoms with Gasteiger partial charge in [0.25, 0.3) is 0 Å². The smallest absolute Gasteiger partial charge is 0.340 e. The van der Waals surface area contributed by atoms with Crippen molar-refractivity contribution in [2.45, 2.75) is 6.92 Å². The van der Waals surface area contributed by atoms with Crippen LogP contribution in [0.1, 0.15) is 17.3 Å². The number of ether oxygens (including phenoxy) is 1. The van der Waals surface area contributed by atoms with Gasteiger partial charge in [-0.05, 0) is 26.1 Å². The number of nitrogens with zero attached hydrogens (tertiary/aromatic N) is 5. The molecule has 0 saturated carbocycles. The molecular formula is C17H22N6O2. The molecule has 0 amide bonds. The average molecular weight is 342 g/mol. The summed E-state index contributed by atoms with van der Waals surface area (Å²) >= 11 is 0. The summed E-state index contributed by atoms with van der Waals surface area (Å²) in [7, 11) is 2.11. The lowest BCUT2D eigenvalue weighted by molar-refractivity contribution is 0.0527. The summed E-state index contributed by atoms with van der Waals surface area (Å²) in [6.45, 7) is 5.86. The Hall–Kier alpha value is -2.74. The molecule has 25 heavy (non-hydrogen) atoms. The van der Waals surface area contributed by atoms with E-state index in [0.717, 1.165) is 32.0 Å². The molecule has 3 rings (SSSR count). The third-order valence-corrected chi connectivity index (χ3v) is 4.04. The van der Waals surface area contributed by atoms with Crippen molar-refractivity contribution in [2.75, 3.05) is 50.1 Å². The fourth-order valence-electron chi connectivity index (χ4n) is 2.64. The van der Waals surface area contributed by atoms with Crippen LogP contribution in [0.5, 0.6) is 0 Å². The first-order chi connectivity index (χ1) is 12.2. The number of para-hydroxylation sites is 1. The number of carbonyl (C=O) groups excluding carboxylic acids is 1. The van der Waals surface area contributed by atoms with Gasteiger partial charge in [0.1, 0.15) is 0 Å². The number of hydrogen-bond acceptors (Lipinski definition) is 8. The van der Waals surface area contributed by atoms with E-state index in [1.165, 1.54) is 0 Å². The van der Waals surface area contributed by atoms with Crippen molar-refractivity contribution in [3.8, 4) is 0 Å². The molecule has 2 heterocycles. The van der Waals surface area contributed by atoms with Gasteiger partial charge in [-0.25, -0.2) is 4.79 Å². The Morgan fingerprint density at radius 2 is 2.00 bits per heavy atom. The van der Waals surface area contributed by atoms with Crippen molar-refractivity contribution in [3.05, 3.63) is 36.0 Å². The second kappa shape index (κ2) is 7.89. The molecule has 8 heteroatoms. The van der Waals surface area contributed by atoms with Crippen molar-refractivity contribution in [1.82, 2.24) is 20.1 Å². The molecule has 1 aliphatic rings. The number of esters is 1. The SMILES string of the molecule is CCOC(=O)c1ccccc1Nc1nncc(N2CCN(C)CC2)n1. The highest BCUT2D eigenvalue weighted by Gasteiger charge is 2.17. The molecule has 0 bridgehead atoms. The highest BCUT2D eigenvalue weighted by atomic mass is 16.5. The van der Waals surface area contributed by atoms with E-state index < -0.39 is 0 Å². The predicted molar refractivity (Wildman–Crippen MR) is 95.2 cm³/mol. The number of benzene rings is 1. The standard InChI is InChI=1S/C17H22N6O2/c1-3-25-16(24)13-6-4-5-7-14(13)19-17-20-15(12-18-21-17)23-10-8-22(2)9-11-23/h4-7,12H,3,8-11H2,1-2H3,(H,19,20,21). The summed E-state index contributed by atoms with van der Waals surface area (Å²) in [5, 5.41) is 11.1. The second-order valence-electron chi connectivity index (χ2n) is 5.82. The van der Waals surface area contributed by atoms with Gasteiger partial charge in [0.2, 0.25) is 5.95 Å². The van der Waals surface area contributed by atoms with Gasteiger partial charge in [0.15, 0.2) is 5.82 Å². The van der Waals surface area contributed by atoms with Crippen LogP contribution >= 0.6 is 0 Å². The summed E-state index contributed by atoms with van der Waals surface area (Å²) in [6.07, 6.45) is 1.66. The summed E-state index contributed by atoms with van der Waals surface area (Å²) in [6, 6.07) is 7.12. The number of carbonyl (C=O) groups is 1. The Balaban J connectivity index is 1.78. The Morgan fingerprint density at radius 1 is 1.24 bits per heavy atom. The van der Waals surface area contributed by atoms with Gasteiger partial charge in [-0.15, -0.1) is 5.10 Å². The lowest BCUT2D eigenvalue weighted by Crippen LogP contribution is -2.44. The molecule has 8 nitrogen and oxygen atoms in total. The van der Waals surface area contributed by atoms with Crippen LogP contribution in [0, 0.1) is 0 Å². The normalized spacial score (nSPS) is 15.0. The van der Waals surface area contributed by atoms with Crippen LogP contribution in [-0.4, -0.2) is 65.9 Å². The average Bonchev–Trinajstić information content (AvgIpc) is 2.63. The van der Waals surface area contributed by atoms with Gasteiger partial charge < -0.3 is 19.9 Å². The minimum Gasteiger partial charge on any atom is -0.462 e. The molecule has 1 fully saturated rings. The molecule has 1 aromatic carbocycles. The molecule has 2 aromatic rings. The monoisotopic (exact) mass is 342 g/mol. The minimum absolute atomic E-state index is 0.324. The van der Waals surface area contributed by atoms with E-state index in [-0.39, 0.29) is 5.97 Å². The lowest BCUT2D eigenvalue weighted by Gasteiger charge is -2.32. The minimum atomic E-state index is -0.381. The van der Waals surface area contributed by atoms with Gasteiger partial charge in [-0.3, -0.25) is 0 Å². The van der Waals surface area contributed by atoms with Gasteiger partial charge in [0.05, 0.1) is 24.1 Å². The van der Waals surface area contributed by atoms with Crippen LogP contribution in [0.2, 0.25) is 0 Å². The van der Waals surface area contributed by atoms with Crippen molar-refractivity contribution < 1.29 is 9.53 Å². The molecule has 0 aliphatic carbocycles. The summed E-state index contributed by atoms with van der Waals surface area (Å²) < 4.78 is 5.09. The number of piperazine rings is 1. The van der Waals surface area contributed by atoms with E-state index in [0.29, 0.717) is 23.8 Å². The third-order valence-electron chi connectivity index (χ3n) is 4.04. The van der Waals surface area contributed by atoms with E-state index in [9.17, 15) is 4.79 Å². The highest BCUT2D eigenvalue weighted by molar-refractivity contribution is 5.96. The fraction of sp³-hybridized carbons (Fsp3) is 0.412. The zero-order valence-corrected chi connectivity index (χ0v) is 14.5. The number of nitrogens with one attached hydrogen (secondary N) is 1. The van der Waals surface area contributed by atoms with Gasteiger partial charge in [-0.1, -0.05) is 12.1 Å². The Bertz CT molecular complexity index is 731. The molecule has 1 aromatic heterocycles. The van der Waals surface area contributed by atoms with Crippen molar-refractivity contribution in [2.24, 2.45) is 0 Å². The maximum atomic E-state index is 12.1. The van der Waals surface area contributed by atoms with Crippen LogP contribution in [0.15, 0.2) is 30.5 Å². The number of likely N-dealkylation sites (N-methyl/N-ethyl adjacent to an activating group) is 1. The quantitative estimate of drug-likeness (QED) is 0.820. The van der Waals surface area contributed by atoms with Crippen molar-refractivity contribution in [3.63, 3.8) is 0 Å². The maximum absolute atomic E-state index is 12.1. The summed E-state index contributed by atoms with van der Waals surface area (Å²) in [4.78, 5) is 21.1. The molecule has 1 aliphatic heterocycles. The zero-order valence-electron chi connectivity index (χ0n) is 14.5. The van der Waals surface area contributed by atoms with Crippen molar-refractivity contribution in [1.29, 1.82) is 0 Å². The van der Waals surface area contributed by atoms with Crippen LogP contribution in [-0.2, 0) is 4.74 Å². The zero-order chi connectivity index (χ0) is 17.6. The Kier molecular flexibility index (Phi) is 5.39. The van der Waals surface area contributed by atoms with Gasteiger partial charge >= 0.3 is 5.97 Å². The number of anilines is 3. The molecule has 1 saturated heterocycles. The number of rotatable bonds is 5. The molecule has 0 atom stereocenters. The summed E-state index contributed by atoms with van der Waals surface area (Å²) in [5.74, 6) is 0.751. The van der Waals surface area contributed by atoms with Crippen LogP contribution in [0.3, 0.4) is 0 Å². The van der Waals surface area contributed by atoms with E-state index in [1.54, 1.807) is 31.3 Å². The fourth-order valence-corrected chi connectivity index (χ4v) is 2.64. The third kappa shape index (κ3) is 4.21. The molecule has 1 N–H and O–H groups in total. The van der Waals surface area contributed by atoms with E-state index in [1.807, 2.05) is 6.07 Å². The van der Waals surface area contributed by atoms with Crippen molar-refractivity contribution >= 4 is 23.4 Å². The van der Waals surface area contributed by atoms with Gasteiger partial charge in [0, 0.05) is 26.2 Å². The Labute approximate surface area is 146 Å². The molecule has 0 spiro atoms. The molecule has 0 radical (unpaired) electrons. The molecule has 132 valence electrons. The van der Waals surface area contributed by atoms with E-state index in [2.05, 4.69) is 37.3 Å². The van der Waals surface area contributed by atoms with E-state index in [4.69, 9.17) is 4.74 Å². The number of hydrogen-bond donors (Lipinski definition) is 1. The van der Waals surface area contributed by atoms with Gasteiger partial charge in [-0.2, -0.15) is 10.1 Å². The first kappa shape index (κ1) is 17.1. The topological polar surface area (TPSA) is 83.5 Å². The first-order valence-electron chi connectivity index (χ1n) is 8.33. The Morgan fingerprint density at radius 3 is 2.76 bits per heavy atom.